The number of nitrogens with zero attached hydrogens (tertiary/aromatic N) is 2. The van der Waals surface area contributed by atoms with Gasteiger partial charge in [-0.15, -0.1) is 0 Å². The molecule has 0 amide bonds. The van der Waals surface area contributed by atoms with Crippen molar-refractivity contribution in [3.05, 3.63) is 40.2 Å². The number of aromatic nitrogens is 2. The lowest BCUT2D eigenvalue weighted by Gasteiger charge is -2.17. The van der Waals surface area contributed by atoms with Gasteiger partial charge >= 0.3 is 0 Å². The van der Waals surface area contributed by atoms with Gasteiger partial charge in [-0.2, -0.15) is 5.10 Å². The maximum atomic E-state index is 12.9. The molecule has 7 heteroatoms. The molecule has 0 saturated carbocycles. The molecule has 6 nitrogen and oxygen atoms in total. The van der Waals surface area contributed by atoms with E-state index in [1.807, 2.05) is 45.4 Å². The molecule has 1 N–H and O–H groups in total. The summed E-state index contributed by atoms with van der Waals surface area (Å²) in [5.74, 6) is 0.560. The topological polar surface area (TPSA) is 73.2 Å². The minimum absolute atomic E-state index is 0.236. The minimum Gasteiger partial charge on any atom is -0.496 e. The van der Waals surface area contributed by atoms with E-state index < -0.39 is 10.0 Å². The predicted molar refractivity (Wildman–Crippen MR) is 98.6 cm³/mol. The van der Waals surface area contributed by atoms with Gasteiger partial charge in [0.15, 0.2) is 0 Å². The molecule has 0 aliphatic heterocycles. The van der Waals surface area contributed by atoms with E-state index in [0.29, 0.717) is 11.3 Å². The average molecular weight is 365 g/mol. The van der Waals surface area contributed by atoms with Crippen molar-refractivity contribution >= 4 is 10.0 Å². The molecule has 0 saturated heterocycles. The van der Waals surface area contributed by atoms with Gasteiger partial charge < -0.3 is 4.74 Å². The summed E-state index contributed by atoms with van der Waals surface area (Å²) in [4.78, 5) is 0.236. The molecule has 0 aliphatic rings. The van der Waals surface area contributed by atoms with Crippen LogP contribution in [-0.2, 0) is 16.6 Å². The second kappa shape index (κ2) is 7.17. The molecule has 25 heavy (non-hydrogen) atoms. The number of benzene rings is 1. The number of rotatable bonds is 6. The summed E-state index contributed by atoms with van der Waals surface area (Å²) in [7, 11) is -2.15. The van der Waals surface area contributed by atoms with Crippen LogP contribution in [-0.4, -0.2) is 25.3 Å². The summed E-state index contributed by atoms with van der Waals surface area (Å²) in [5, 5.41) is 4.47. The van der Waals surface area contributed by atoms with Crippen molar-refractivity contribution in [3.63, 3.8) is 0 Å². The van der Waals surface area contributed by atoms with Crippen molar-refractivity contribution in [2.24, 2.45) is 0 Å². The minimum atomic E-state index is -3.69. The molecule has 1 heterocycles. The molecule has 138 valence electrons. The second-order valence-electron chi connectivity index (χ2n) is 6.33. The summed E-state index contributed by atoms with van der Waals surface area (Å²) in [6, 6.07) is 3.02. The maximum absolute atomic E-state index is 12.9. The third-order valence-corrected chi connectivity index (χ3v) is 6.17. The molecule has 0 fully saturated rings. The van der Waals surface area contributed by atoms with Gasteiger partial charge in [-0.3, -0.25) is 4.68 Å². The Kier molecular flexibility index (Phi) is 5.58. The Morgan fingerprint density at radius 3 is 2.36 bits per heavy atom. The van der Waals surface area contributed by atoms with Crippen molar-refractivity contribution in [2.45, 2.75) is 59.0 Å². The van der Waals surface area contributed by atoms with Crippen molar-refractivity contribution in [2.75, 3.05) is 7.11 Å². The lowest BCUT2D eigenvalue weighted by Crippen LogP contribution is -2.28. The van der Waals surface area contributed by atoms with E-state index in [9.17, 15) is 8.42 Å². The van der Waals surface area contributed by atoms with E-state index in [-0.39, 0.29) is 10.9 Å². The van der Waals surface area contributed by atoms with E-state index in [1.165, 1.54) is 7.11 Å². The Bertz CT molecular complexity index is 885. The molecule has 0 bridgehead atoms. The first kappa shape index (κ1) is 19.5. The molecule has 0 unspecified atom stereocenters. The molecule has 2 aromatic rings. The van der Waals surface area contributed by atoms with Crippen molar-refractivity contribution < 1.29 is 13.2 Å². The quantitative estimate of drug-likeness (QED) is 0.853. The van der Waals surface area contributed by atoms with Crippen LogP contribution in [0.4, 0.5) is 0 Å². The van der Waals surface area contributed by atoms with Crippen LogP contribution in [0.3, 0.4) is 0 Å². The van der Waals surface area contributed by atoms with Crippen LogP contribution in [0.5, 0.6) is 5.75 Å². The fourth-order valence-electron chi connectivity index (χ4n) is 3.32. The Morgan fingerprint density at radius 1 is 1.20 bits per heavy atom. The monoisotopic (exact) mass is 365 g/mol. The fourth-order valence-corrected chi connectivity index (χ4v) is 4.78. The van der Waals surface area contributed by atoms with Crippen LogP contribution in [0.2, 0.25) is 0 Å². The molecule has 1 aromatic carbocycles. The summed E-state index contributed by atoms with van der Waals surface area (Å²) in [5.41, 5.74) is 4.34. The normalized spacial score (nSPS) is 13.1. The third-order valence-electron chi connectivity index (χ3n) is 4.48. The average Bonchev–Trinajstić information content (AvgIpc) is 2.80. The van der Waals surface area contributed by atoms with Crippen LogP contribution >= 0.6 is 0 Å². The van der Waals surface area contributed by atoms with E-state index in [1.54, 1.807) is 13.0 Å². The van der Waals surface area contributed by atoms with Gasteiger partial charge in [0.2, 0.25) is 10.0 Å². The lowest BCUT2D eigenvalue weighted by atomic mass is 10.1. The van der Waals surface area contributed by atoms with Crippen LogP contribution in [0.15, 0.2) is 17.0 Å². The Balaban J connectivity index is 2.41. The maximum Gasteiger partial charge on any atom is 0.241 e. The Morgan fingerprint density at radius 2 is 1.84 bits per heavy atom. The van der Waals surface area contributed by atoms with Crippen LogP contribution < -0.4 is 9.46 Å². The molecule has 0 aliphatic carbocycles. The first-order valence-corrected chi connectivity index (χ1v) is 9.82. The van der Waals surface area contributed by atoms with Crippen LogP contribution in [0.1, 0.15) is 48.0 Å². The van der Waals surface area contributed by atoms with Gasteiger partial charge in [0.25, 0.3) is 0 Å². The zero-order valence-corrected chi connectivity index (χ0v) is 16.8. The van der Waals surface area contributed by atoms with E-state index in [0.717, 1.165) is 29.1 Å². The van der Waals surface area contributed by atoms with Gasteiger partial charge in [-0.1, -0.05) is 6.07 Å². The molecule has 0 spiro atoms. The summed E-state index contributed by atoms with van der Waals surface area (Å²) < 4.78 is 35.8. The highest BCUT2D eigenvalue weighted by Gasteiger charge is 2.25. The standard InChI is InChI=1S/C18H27N3O3S/c1-8-21-15(6)18(13(4)19-21)14(5)20-25(22,23)17-10-16(24-7)11(2)9-12(17)3/h9-10,14,20H,8H2,1-7H3/t14-/m0/s1. The zero-order chi connectivity index (χ0) is 18.9. The van der Waals surface area contributed by atoms with Crippen LogP contribution in [0.25, 0.3) is 0 Å². The van der Waals surface area contributed by atoms with Crippen molar-refractivity contribution in [1.82, 2.24) is 14.5 Å². The zero-order valence-electron chi connectivity index (χ0n) is 16.0. The number of aryl methyl sites for hydroxylation is 4. The first-order valence-electron chi connectivity index (χ1n) is 8.33. The highest BCUT2D eigenvalue weighted by atomic mass is 32.2. The van der Waals surface area contributed by atoms with Gasteiger partial charge in [-0.25, -0.2) is 13.1 Å². The predicted octanol–water partition coefficient (Wildman–Crippen LogP) is 3.18. The largest absolute Gasteiger partial charge is 0.496 e. The highest BCUT2D eigenvalue weighted by Crippen LogP contribution is 2.28. The molecule has 2 rings (SSSR count). The van der Waals surface area contributed by atoms with Gasteiger partial charge in [0, 0.05) is 29.9 Å². The van der Waals surface area contributed by atoms with Crippen LogP contribution in [0, 0.1) is 27.7 Å². The number of nitrogens with one attached hydrogen (secondary N) is 1. The van der Waals surface area contributed by atoms with Gasteiger partial charge in [0.05, 0.1) is 17.7 Å². The first-order chi connectivity index (χ1) is 11.6. The fraction of sp³-hybridized carbons (Fsp3) is 0.500. The molecular weight excluding hydrogens is 338 g/mol. The SMILES string of the molecule is CCn1nc(C)c([C@H](C)NS(=O)(=O)c2cc(OC)c(C)cc2C)c1C. The smallest absolute Gasteiger partial charge is 0.241 e. The summed E-state index contributed by atoms with van der Waals surface area (Å²) >= 11 is 0. The highest BCUT2D eigenvalue weighted by molar-refractivity contribution is 7.89. The van der Waals surface area contributed by atoms with Gasteiger partial charge in [0.1, 0.15) is 5.75 Å². The Labute approximate surface area is 150 Å². The van der Waals surface area contributed by atoms with E-state index in [4.69, 9.17) is 4.74 Å². The van der Waals surface area contributed by atoms with Crippen molar-refractivity contribution in [1.29, 1.82) is 0 Å². The number of hydrogen-bond donors (Lipinski definition) is 1. The third kappa shape index (κ3) is 3.72. The number of hydrogen-bond acceptors (Lipinski definition) is 4. The molecule has 1 aromatic heterocycles. The summed E-state index contributed by atoms with van der Waals surface area (Å²) in [6.45, 7) is 12.2. The number of ether oxygens (including phenoxy) is 1. The summed E-state index contributed by atoms with van der Waals surface area (Å²) in [6.07, 6.45) is 0. The van der Waals surface area contributed by atoms with Gasteiger partial charge in [-0.05, 0) is 52.7 Å². The van der Waals surface area contributed by atoms with E-state index in [2.05, 4.69) is 9.82 Å². The molecule has 1 atom stereocenters. The molecule has 0 radical (unpaired) electrons. The number of sulfonamides is 1. The molecular formula is C18H27N3O3S. The number of methoxy groups -OCH3 is 1. The lowest BCUT2D eigenvalue weighted by molar-refractivity contribution is 0.410. The van der Waals surface area contributed by atoms with Crippen molar-refractivity contribution in [3.8, 4) is 5.75 Å². The Hall–Kier alpha value is -1.86. The van der Waals surface area contributed by atoms with E-state index >= 15 is 0 Å². The second-order valence-corrected chi connectivity index (χ2v) is 8.01.